The van der Waals surface area contributed by atoms with Gasteiger partial charge in [0.25, 0.3) is 0 Å². The molecule has 0 radical (unpaired) electrons. The number of anilines is 1. The second-order valence-electron chi connectivity index (χ2n) is 2.92. The van der Waals surface area contributed by atoms with Gasteiger partial charge in [-0.15, -0.1) is 0 Å². The first-order chi connectivity index (χ1) is 7.13. The Balaban J connectivity index is 2.57. The van der Waals surface area contributed by atoms with E-state index in [9.17, 15) is 4.79 Å². The highest BCUT2D eigenvalue weighted by molar-refractivity contribution is 14.1. The summed E-state index contributed by atoms with van der Waals surface area (Å²) in [6.45, 7) is 0.444. The number of carbonyl (C=O) groups excluding carboxylic acids is 1. The van der Waals surface area contributed by atoms with Gasteiger partial charge >= 0.3 is 0 Å². The molecular weight excluding hydrogens is 373 g/mol. The van der Waals surface area contributed by atoms with Crippen molar-refractivity contribution in [3.05, 3.63) is 26.2 Å². The molecule has 0 bridgehead atoms. The molecule has 0 fully saturated rings. The summed E-state index contributed by atoms with van der Waals surface area (Å²) < 4.78 is 6.92. The fourth-order valence-corrected chi connectivity index (χ4v) is 1.75. The number of benzene rings is 1. The van der Waals surface area contributed by atoms with E-state index in [0.717, 1.165) is 13.7 Å². The predicted octanol–water partition coefficient (Wildman–Crippen LogP) is 3.03. The molecule has 0 unspecified atom stereocenters. The fraction of sp³-hybridized carbons (Fsp3) is 0.300. The van der Waals surface area contributed by atoms with Gasteiger partial charge in [-0.05, 0) is 56.7 Å². The average molecular weight is 384 g/mol. The van der Waals surface area contributed by atoms with Gasteiger partial charge in [0.05, 0.1) is 13.0 Å². The molecule has 0 spiro atoms. The quantitative estimate of drug-likeness (QED) is 0.811. The lowest BCUT2D eigenvalue weighted by Crippen LogP contribution is -2.13. The minimum absolute atomic E-state index is 0.0324. The first-order valence-corrected chi connectivity index (χ1v) is 6.24. The van der Waals surface area contributed by atoms with Crippen LogP contribution in [0.3, 0.4) is 0 Å². The van der Waals surface area contributed by atoms with Crippen LogP contribution in [0, 0.1) is 3.57 Å². The summed E-state index contributed by atoms with van der Waals surface area (Å²) >= 11 is 5.60. The largest absolute Gasteiger partial charge is 0.384 e. The Kier molecular flexibility index (Phi) is 5.55. The molecule has 1 aromatic carbocycles. The molecule has 0 aliphatic rings. The van der Waals surface area contributed by atoms with Crippen LogP contribution in [-0.2, 0) is 9.53 Å². The van der Waals surface area contributed by atoms with Crippen LogP contribution >= 0.6 is 38.5 Å². The molecule has 15 heavy (non-hydrogen) atoms. The van der Waals surface area contributed by atoms with Gasteiger partial charge in [-0.25, -0.2) is 0 Å². The van der Waals surface area contributed by atoms with Crippen molar-refractivity contribution in [2.75, 3.05) is 19.0 Å². The van der Waals surface area contributed by atoms with Crippen molar-refractivity contribution in [2.24, 2.45) is 0 Å². The normalized spacial score (nSPS) is 10.1. The molecule has 82 valence electrons. The van der Waals surface area contributed by atoms with Crippen LogP contribution in [0.2, 0.25) is 0 Å². The van der Waals surface area contributed by atoms with Crippen molar-refractivity contribution in [1.29, 1.82) is 0 Å². The van der Waals surface area contributed by atoms with E-state index in [2.05, 4.69) is 43.8 Å². The molecule has 5 heteroatoms. The lowest BCUT2D eigenvalue weighted by molar-refractivity contribution is -0.117. The van der Waals surface area contributed by atoms with Crippen molar-refractivity contribution >= 4 is 50.1 Å². The molecular formula is C10H11BrINO2. The van der Waals surface area contributed by atoms with E-state index in [4.69, 9.17) is 4.74 Å². The molecule has 1 rings (SSSR count). The number of halogens is 2. The monoisotopic (exact) mass is 383 g/mol. The molecule has 0 saturated carbocycles. The zero-order valence-corrected chi connectivity index (χ0v) is 12.0. The average Bonchev–Trinajstić information content (AvgIpc) is 2.20. The molecule has 0 heterocycles. The molecule has 3 nitrogen and oxygen atoms in total. The van der Waals surface area contributed by atoms with Crippen molar-refractivity contribution in [1.82, 2.24) is 0 Å². The smallest absolute Gasteiger partial charge is 0.226 e. The van der Waals surface area contributed by atoms with Crippen LogP contribution in [0.15, 0.2) is 22.7 Å². The van der Waals surface area contributed by atoms with Gasteiger partial charge in [-0.2, -0.15) is 0 Å². The van der Waals surface area contributed by atoms with Crippen LogP contribution in [0.4, 0.5) is 5.69 Å². The van der Waals surface area contributed by atoms with Gasteiger partial charge < -0.3 is 10.1 Å². The van der Waals surface area contributed by atoms with Crippen molar-refractivity contribution in [2.45, 2.75) is 6.42 Å². The summed E-state index contributed by atoms with van der Waals surface area (Å²) in [7, 11) is 1.58. The third-order valence-electron chi connectivity index (χ3n) is 1.74. The Hall–Kier alpha value is -0.140. The predicted molar refractivity (Wildman–Crippen MR) is 72.0 cm³/mol. The fourth-order valence-electron chi connectivity index (χ4n) is 0.992. The maximum atomic E-state index is 11.4. The first kappa shape index (κ1) is 12.9. The number of methoxy groups -OCH3 is 1. The van der Waals surface area contributed by atoms with Crippen molar-refractivity contribution in [3.8, 4) is 0 Å². The highest BCUT2D eigenvalue weighted by atomic mass is 127. The Morgan fingerprint density at radius 2 is 2.33 bits per heavy atom. The molecule has 0 atom stereocenters. The van der Waals surface area contributed by atoms with E-state index in [1.165, 1.54) is 0 Å². The number of rotatable bonds is 4. The number of hydrogen-bond acceptors (Lipinski definition) is 2. The number of amides is 1. The Bertz CT molecular complexity index is 357. The molecule has 0 aromatic heterocycles. The summed E-state index contributed by atoms with van der Waals surface area (Å²) in [5, 5.41) is 2.80. The second-order valence-corrected chi connectivity index (χ2v) is 4.94. The molecule has 0 aliphatic carbocycles. The standard InChI is InChI=1S/C10H11BrINO2/c1-15-5-4-10(14)13-7-2-3-8(11)9(12)6-7/h2-3,6H,4-5H2,1H3,(H,13,14). The van der Waals surface area contributed by atoms with E-state index < -0.39 is 0 Å². The first-order valence-electron chi connectivity index (χ1n) is 4.37. The summed E-state index contributed by atoms with van der Waals surface area (Å²) in [4.78, 5) is 11.4. The molecule has 0 aliphatic heterocycles. The Labute approximate surface area is 111 Å². The van der Waals surface area contributed by atoms with E-state index in [0.29, 0.717) is 13.0 Å². The summed E-state index contributed by atoms with van der Waals surface area (Å²) in [5.41, 5.74) is 0.809. The zero-order chi connectivity index (χ0) is 11.3. The molecule has 1 amide bonds. The zero-order valence-electron chi connectivity index (χ0n) is 8.22. The topological polar surface area (TPSA) is 38.3 Å². The third kappa shape index (κ3) is 4.48. The number of ether oxygens (including phenoxy) is 1. The van der Waals surface area contributed by atoms with Crippen molar-refractivity contribution < 1.29 is 9.53 Å². The summed E-state index contributed by atoms with van der Waals surface area (Å²) in [6.07, 6.45) is 0.378. The van der Waals surface area contributed by atoms with Gasteiger partial charge in [-0.1, -0.05) is 0 Å². The van der Waals surface area contributed by atoms with Crippen LogP contribution in [0.1, 0.15) is 6.42 Å². The maximum absolute atomic E-state index is 11.4. The molecule has 1 N–H and O–H groups in total. The van der Waals surface area contributed by atoms with Gasteiger partial charge in [0.15, 0.2) is 0 Å². The minimum Gasteiger partial charge on any atom is -0.384 e. The molecule has 0 saturated heterocycles. The van der Waals surface area contributed by atoms with Crippen LogP contribution < -0.4 is 5.32 Å². The van der Waals surface area contributed by atoms with Crippen LogP contribution in [-0.4, -0.2) is 19.6 Å². The molecule has 1 aromatic rings. The maximum Gasteiger partial charge on any atom is 0.226 e. The number of carbonyl (C=O) groups is 1. The Morgan fingerprint density at radius 1 is 1.60 bits per heavy atom. The lowest BCUT2D eigenvalue weighted by atomic mass is 10.3. The van der Waals surface area contributed by atoms with Crippen LogP contribution in [0.5, 0.6) is 0 Å². The highest BCUT2D eigenvalue weighted by Gasteiger charge is 2.03. The highest BCUT2D eigenvalue weighted by Crippen LogP contribution is 2.22. The summed E-state index contributed by atoms with van der Waals surface area (Å²) in [6, 6.07) is 5.68. The van der Waals surface area contributed by atoms with Gasteiger partial charge in [0, 0.05) is 20.8 Å². The second kappa shape index (κ2) is 6.44. The third-order valence-corrected chi connectivity index (χ3v) is 4.06. The van der Waals surface area contributed by atoms with E-state index in [1.54, 1.807) is 7.11 Å². The van der Waals surface area contributed by atoms with Gasteiger partial charge in [0.2, 0.25) is 5.91 Å². The number of nitrogens with one attached hydrogen (secondary N) is 1. The van der Waals surface area contributed by atoms with Gasteiger partial charge in [-0.3, -0.25) is 4.79 Å². The Morgan fingerprint density at radius 3 is 2.93 bits per heavy atom. The van der Waals surface area contributed by atoms with Crippen LogP contribution in [0.25, 0.3) is 0 Å². The van der Waals surface area contributed by atoms with E-state index >= 15 is 0 Å². The van der Waals surface area contributed by atoms with Crippen molar-refractivity contribution in [3.63, 3.8) is 0 Å². The number of hydrogen-bond donors (Lipinski definition) is 1. The minimum atomic E-state index is -0.0324. The summed E-state index contributed by atoms with van der Waals surface area (Å²) in [5.74, 6) is -0.0324. The van der Waals surface area contributed by atoms with E-state index in [1.807, 2.05) is 18.2 Å². The SMILES string of the molecule is COCCC(=O)Nc1ccc(Br)c(I)c1. The lowest BCUT2D eigenvalue weighted by Gasteiger charge is -2.05. The van der Waals surface area contributed by atoms with E-state index in [-0.39, 0.29) is 5.91 Å². The van der Waals surface area contributed by atoms with Gasteiger partial charge in [0.1, 0.15) is 0 Å².